The van der Waals surface area contributed by atoms with Crippen LogP contribution < -0.4 is 10.1 Å². The number of nitrogens with zero attached hydrogens (tertiary/aromatic N) is 3. The molecule has 1 unspecified atom stereocenters. The van der Waals surface area contributed by atoms with E-state index in [-0.39, 0.29) is 31.0 Å². The maximum atomic E-state index is 9.88. The summed E-state index contributed by atoms with van der Waals surface area (Å²) in [5, 5.41) is 13.8. The van der Waals surface area contributed by atoms with Crippen molar-refractivity contribution in [3.8, 4) is 6.01 Å². The predicted octanol–water partition coefficient (Wildman–Crippen LogP) is 2.77. The highest BCUT2D eigenvalue weighted by Crippen LogP contribution is 2.36. The van der Waals surface area contributed by atoms with Crippen LogP contribution >= 0.6 is 27.5 Å². The van der Waals surface area contributed by atoms with Crippen LogP contribution in [0, 0.1) is 0 Å². The average Bonchev–Trinajstić information content (AvgIpc) is 3.49. The highest BCUT2D eigenvalue weighted by molar-refractivity contribution is 9.10. The number of pyridine rings is 2. The molecule has 3 aromatic rings. The first-order chi connectivity index (χ1) is 15.0. The van der Waals surface area contributed by atoms with Crippen molar-refractivity contribution in [3.05, 3.63) is 39.1 Å². The molecule has 11 heteroatoms. The Bertz CT molecular complexity index is 1160. The molecule has 3 aliphatic rings. The van der Waals surface area contributed by atoms with E-state index in [0.717, 1.165) is 23.0 Å². The molecule has 0 amide bonds. The van der Waals surface area contributed by atoms with Crippen LogP contribution in [0.2, 0.25) is 5.02 Å². The van der Waals surface area contributed by atoms with Crippen LogP contribution in [0.1, 0.15) is 23.7 Å². The standard InChI is InChI=1S/C20H19BrClN5O4/c21-9-3-8-1-2-11(15(8)23-5-9)24-18-10(22)4-12-19(26-18)27-20(25-12)31-14-7-30-16-13(28)6-29-17(14)16/h3-5,11,13-14,16-17,28H,1-2,6-7H2,(H2,24,25,26,27)/t11?,13-,14-,16-,17-/m1/s1. The molecule has 3 N–H and O–H groups in total. The van der Waals surface area contributed by atoms with Gasteiger partial charge in [0.25, 0.3) is 6.01 Å². The lowest BCUT2D eigenvalue weighted by molar-refractivity contribution is 0.00706. The number of aliphatic hydroxyl groups excluding tert-OH is 1. The fourth-order valence-electron chi connectivity index (χ4n) is 4.49. The van der Waals surface area contributed by atoms with Crippen molar-refractivity contribution in [3.63, 3.8) is 0 Å². The number of ether oxygens (including phenoxy) is 3. The number of aliphatic hydroxyl groups is 1. The fourth-order valence-corrected chi connectivity index (χ4v) is 5.07. The number of nitrogens with one attached hydrogen (secondary N) is 2. The molecule has 6 rings (SSSR count). The molecule has 5 heterocycles. The van der Waals surface area contributed by atoms with E-state index >= 15 is 0 Å². The van der Waals surface area contributed by atoms with Crippen LogP contribution in [-0.4, -0.2) is 62.7 Å². The van der Waals surface area contributed by atoms with Crippen molar-refractivity contribution in [1.29, 1.82) is 0 Å². The second kappa shape index (κ2) is 7.56. The molecule has 3 aromatic heterocycles. The summed E-state index contributed by atoms with van der Waals surface area (Å²) in [7, 11) is 0. The number of hydrogen-bond acceptors (Lipinski definition) is 8. The number of imidazole rings is 1. The Labute approximate surface area is 190 Å². The first-order valence-corrected chi connectivity index (χ1v) is 11.3. The Morgan fingerprint density at radius 1 is 1.23 bits per heavy atom. The topological polar surface area (TPSA) is 114 Å². The van der Waals surface area contributed by atoms with Crippen molar-refractivity contribution < 1.29 is 19.3 Å². The lowest BCUT2D eigenvalue weighted by atomic mass is 10.1. The Morgan fingerprint density at radius 2 is 2.10 bits per heavy atom. The number of aryl methyl sites for hydroxylation is 1. The predicted molar refractivity (Wildman–Crippen MR) is 115 cm³/mol. The summed E-state index contributed by atoms with van der Waals surface area (Å²) in [6.07, 6.45) is 2.02. The molecule has 2 fully saturated rings. The van der Waals surface area contributed by atoms with Gasteiger partial charge in [-0.05, 0) is 46.5 Å². The van der Waals surface area contributed by atoms with Crippen LogP contribution in [-0.2, 0) is 15.9 Å². The summed E-state index contributed by atoms with van der Waals surface area (Å²) >= 11 is 9.97. The number of hydrogen-bond donors (Lipinski definition) is 3. The van der Waals surface area contributed by atoms with Gasteiger partial charge >= 0.3 is 0 Å². The minimum absolute atomic E-state index is 0.0405. The molecule has 0 aromatic carbocycles. The van der Waals surface area contributed by atoms with Crippen molar-refractivity contribution in [2.45, 2.75) is 43.3 Å². The highest BCUT2D eigenvalue weighted by Gasteiger charge is 2.48. The third kappa shape index (κ3) is 3.46. The Morgan fingerprint density at radius 3 is 3.00 bits per heavy atom. The van der Waals surface area contributed by atoms with Crippen molar-refractivity contribution in [2.75, 3.05) is 18.5 Å². The normalized spacial score (nSPS) is 29.3. The summed E-state index contributed by atoms with van der Waals surface area (Å²) in [6.45, 7) is 0.576. The minimum Gasteiger partial charge on any atom is -0.456 e. The molecular weight excluding hydrogens is 490 g/mol. The molecule has 2 saturated heterocycles. The monoisotopic (exact) mass is 507 g/mol. The van der Waals surface area contributed by atoms with Gasteiger partial charge in [0.2, 0.25) is 0 Å². The van der Waals surface area contributed by atoms with E-state index in [4.69, 9.17) is 25.8 Å². The van der Waals surface area contributed by atoms with E-state index < -0.39 is 6.10 Å². The van der Waals surface area contributed by atoms with Gasteiger partial charge in [-0.3, -0.25) is 4.98 Å². The molecule has 0 spiro atoms. The van der Waals surface area contributed by atoms with Gasteiger partial charge in [0.15, 0.2) is 11.8 Å². The van der Waals surface area contributed by atoms with E-state index in [1.54, 1.807) is 12.3 Å². The number of fused-ring (bicyclic) bond motifs is 3. The van der Waals surface area contributed by atoms with Gasteiger partial charge in [-0.1, -0.05) is 11.6 Å². The largest absolute Gasteiger partial charge is 0.456 e. The van der Waals surface area contributed by atoms with E-state index in [9.17, 15) is 5.11 Å². The molecular formula is C20H19BrClN5O4. The summed E-state index contributed by atoms with van der Waals surface area (Å²) in [4.78, 5) is 16.7. The maximum absolute atomic E-state index is 9.88. The van der Waals surface area contributed by atoms with Gasteiger partial charge in [0.1, 0.15) is 24.1 Å². The van der Waals surface area contributed by atoms with Gasteiger partial charge < -0.3 is 29.6 Å². The van der Waals surface area contributed by atoms with Crippen LogP contribution in [0.25, 0.3) is 11.2 Å². The quantitative estimate of drug-likeness (QED) is 0.493. The molecule has 2 aliphatic heterocycles. The molecule has 0 bridgehead atoms. The van der Waals surface area contributed by atoms with Gasteiger partial charge in [-0.25, -0.2) is 4.98 Å². The molecule has 162 valence electrons. The van der Waals surface area contributed by atoms with E-state index in [1.807, 2.05) is 0 Å². The molecule has 0 radical (unpaired) electrons. The fraction of sp³-hybridized carbons (Fsp3) is 0.450. The van der Waals surface area contributed by atoms with Crippen molar-refractivity contribution >= 4 is 44.5 Å². The summed E-state index contributed by atoms with van der Waals surface area (Å²) in [6, 6.07) is 4.23. The molecule has 5 atom stereocenters. The van der Waals surface area contributed by atoms with E-state index in [2.05, 4.69) is 47.2 Å². The Kier molecular flexibility index (Phi) is 4.80. The zero-order valence-corrected chi connectivity index (χ0v) is 18.6. The van der Waals surface area contributed by atoms with Crippen LogP contribution in [0.5, 0.6) is 6.01 Å². The van der Waals surface area contributed by atoms with E-state index in [1.165, 1.54) is 5.56 Å². The van der Waals surface area contributed by atoms with Crippen molar-refractivity contribution in [1.82, 2.24) is 19.9 Å². The lowest BCUT2D eigenvalue weighted by Crippen LogP contribution is -2.34. The summed E-state index contributed by atoms with van der Waals surface area (Å²) in [5.74, 6) is 0.557. The minimum atomic E-state index is -0.625. The zero-order chi connectivity index (χ0) is 21.1. The Hall–Kier alpha value is -1.98. The SMILES string of the molecule is O[C@@H]1CO[C@H]2[C@@H]1OC[C@H]2Oc1nc2nc(NC3CCc4cc(Br)cnc43)c(Cl)cc2[nH]1. The molecule has 31 heavy (non-hydrogen) atoms. The van der Waals surface area contributed by atoms with Crippen LogP contribution in [0.15, 0.2) is 22.8 Å². The average molecular weight is 509 g/mol. The first kappa shape index (κ1) is 19.7. The second-order valence-corrected chi connectivity index (χ2v) is 9.31. The number of H-pyrrole nitrogens is 1. The van der Waals surface area contributed by atoms with Gasteiger partial charge in [0.05, 0.1) is 35.5 Å². The third-order valence-corrected chi connectivity index (χ3v) is 6.68. The van der Waals surface area contributed by atoms with Gasteiger partial charge in [0, 0.05) is 10.7 Å². The smallest absolute Gasteiger partial charge is 0.296 e. The molecule has 1 aliphatic carbocycles. The first-order valence-electron chi connectivity index (χ1n) is 10.1. The van der Waals surface area contributed by atoms with Crippen LogP contribution in [0.4, 0.5) is 5.82 Å². The molecule has 9 nitrogen and oxygen atoms in total. The Balaban J connectivity index is 1.22. The number of anilines is 1. The number of rotatable bonds is 4. The van der Waals surface area contributed by atoms with E-state index in [0.29, 0.717) is 34.6 Å². The number of aromatic amines is 1. The zero-order valence-electron chi connectivity index (χ0n) is 16.2. The second-order valence-electron chi connectivity index (χ2n) is 7.98. The third-order valence-electron chi connectivity index (χ3n) is 5.96. The van der Waals surface area contributed by atoms with Gasteiger partial charge in [-0.15, -0.1) is 0 Å². The summed E-state index contributed by atoms with van der Waals surface area (Å²) < 4.78 is 18.1. The maximum Gasteiger partial charge on any atom is 0.296 e. The highest BCUT2D eigenvalue weighted by atomic mass is 79.9. The lowest BCUT2D eigenvalue weighted by Gasteiger charge is -2.15. The number of aromatic nitrogens is 4. The number of halogens is 2. The van der Waals surface area contributed by atoms with Crippen molar-refractivity contribution in [2.24, 2.45) is 0 Å². The summed E-state index contributed by atoms with van der Waals surface area (Å²) in [5.41, 5.74) is 3.40. The van der Waals surface area contributed by atoms with Gasteiger partial charge in [-0.2, -0.15) is 4.98 Å². The molecule has 0 saturated carbocycles. The van der Waals surface area contributed by atoms with Crippen LogP contribution in [0.3, 0.4) is 0 Å².